The molecule has 1 saturated heterocycles. The van der Waals surface area contributed by atoms with E-state index in [0.717, 1.165) is 11.1 Å². The van der Waals surface area contributed by atoms with Crippen LogP contribution in [0.4, 0.5) is 0 Å². The Labute approximate surface area is 173 Å². The second kappa shape index (κ2) is 8.95. The minimum Gasteiger partial charge on any atom is -0.480 e. The molecule has 5 nitrogen and oxygen atoms in total. The van der Waals surface area contributed by atoms with Crippen LogP contribution in [0.5, 0.6) is 0 Å². The Morgan fingerprint density at radius 1 is 1.11 bits per heavy atom. The molecule has 0 radical (unpaired) electrons. The third-order valence-electron chi connectivity index (χ3n) is 4.85. The van der Waals surface area contributed by atoms with E-state index < -0.39 is 24.2 Å². The van der Waals surface area contributed by atoms with Gasteiger partial charge in [-0.15, -0.1) is 0 Å². The number of carboxylic acids is 1. The summed E-state index contributed by atoms with van der Waals surface area (Å²) in [5, 5.41) is 11.0. The van der Waals surface area contributed by atoms with E-state index in [1.165, 1.54) is 4.90 Å². The number of benzene rings is 2. The predicted molar refractivity (Wildman–Crippen MR) is 108 cm³/mol. The first-order chi connectivity index (χ1) is 13.4. The van der Waals surface area contributed by atoms with Crippen molar-refractivity contribution in [3.63, 3.8) is 0 Å². The summed E-state index contributed by atoms with van der Waals surface area (Å²) in [5.74, 6) is -1.36. The number of ether oxygens (including phenoxy) is 1. The zero-order chi connectivity index (χ0) is 20.3. The van der Waals surface area contributed by atoms with Gasteiger partial charge in [-0.05, 0) is 41.8 Å². The predicted octanol–water partition coefficient (Wildman–Crippen LogP) is 4.89. The number of carboxylic acid groups (broad SMARTS) is 1. The molecule has 0 spiro atoms. The Kier molecular flexibility index (Phi) is 6.60. The van der Waals surface area contributed by atoms with Crippen LogP contribution in [0.2, 0.25) is 10.0 Å². The highest BCUT2D eigenvalue weighted by atomic mass is 35.5. The number of hydrogen-bond acceptors (Lipinski definition) is 3. The summed E-state index contributed by atoms with van der Waals surface area (Å²) in [5.41, 5.74) is 1.59. The minimum absolute atomic E-state index is 0.176. The molecule has 28 heavy (non-hydrogen) atoms. The number of aliphatic carboxylic acids is 1. The third-order valence-corrected chi connectivity index (χ3v) is 5.36. The van der Waals surface area contributed by atoms with E-state index in [9.17, 15) is 14.7 Å². The summed E-state index contributed by atoms with van der Waals surface area (Å²) < 4.78 is 5.89. The molecule has 3 rings (SSSR count). The van der Waals surface area contributed by atoms with E-state index in [-0.39, 0.29) is 12.5 Å². The molecule has 1 N–H and O–H groups in total. The van der Waals surface area contributed by atoms with Gasteiger partial charge in [-0.1, -0.05) is 60.8 Å². The first kappa shape index (κ1) is 20.6. The molecule has 0 saturated carbocycles. The SMILES string of the molecule is CCC[C@@H](C(=O)O)N1C(=O)CO[C@H](c2ccc(Cl)cc2)[C@@H]1c1ccc(Cl)cc1. The Morgan fingerprint density at radius 3 is 2.14 bits per heavy atom. The van der Waals surface area contributed by atoms with Crippen molar-refractivity contribution < 1.29 is 19.4 Å². The Balaban J connectivity index is 2.11. The van der Waals surface area contributed by atoms with E-state index in [1.807, 2.05) is 19.1 Å². The molecular formula is C21H21Cl2NO4. The lowest BCUT2D eigenvalue weighted by Crippen LogP contribution is -2.53. The number of hydrogen-bond donors (Lipinski definition) is 1. The summed E-state index contributed by atoms with van der Waals surface area (Å²) in [6.07, 6.45) is 0.480. The third kappa shape index (κ3) is 4.32. The van der Waals surface area contributed by atoms with E-state index in [2.05, 4.69) is 0 Å². The van der Waals surface area contributed by atoms with E-state index in [0.29, 0.717) is 22.9 Å². The summed E-state index contributed by atoms with van der Waals surface area (Å²) in [4.78, 5) is 26.2. The molecule has 1 fully saturated rings. The van der Waals surface area contributed by atoms with Crippen LogP contribution in [-0.2, 0) is 14.3 Å². The molecule has 1 aliphatic rings. The van der Waals surface area contributed by atoms with Crippen molar-refractivity contribution in [2.45, 2.75) is 38.0 Å². The highest BCUT2D eigenvalue weighted by Gasteiger charge is 2.44. The molecule has 2 aromatic rings. The molecule has 7 heteroatoms. The highest BCUT2D eigenvalue weighted by molar-refractivity contribution is 6.30. The zero-order valence-electron chi connectivity index (χ0n) is 15.3. The lowest BCUT2D eigenvalue weighted by Gasteiger charge is -2.44. The smallest absolute Gasteiger partial charge is 0.326 e. The van der Waals surface area contributed by atoms with Gasteiger partial charge in [0.05, 0.1) is 6.04 Å². The van der Waals surface area contributed by atoms with Gasteiger partial charge in [-0.3, -0.25) is 4.79 Å². The van der Waals surface area contributed by atoms with Crippen molar-refractivity contribution in [2.75, 3.05) is 6.61 Å². The normalized spacial score (nSPS) is 20.8. The van der Waals surface area contributed by atoms with Gasteiger partial charge in [0.15, 0.2) is 0 Å². The largest absolute Gasteiger partial charge is 0.480 e. The van der Waals surface area contributed by atoms with E-state index in [4.69, 9.17) is 27.9 Å². The fraction of sp³-hybridized carbons (Fsp3) is 0.333. The van der Waals surface area contributed by atoms with E-state index >= 15 is 0 Å². The zero-order valence-corrected chi connectivity index (χ0v) is 16.9. The van der Waals surface area contributed by atoms with Crippen LogP contribution in [0, 0.1) is 0 Å². The molecule has 1 amide bonds. The second-order valence-electron chi connectivity index (χ2n) is 6.72. The monoisotopic (exact) mass is 421 g/mol. The Bertz CT molecular complexity index is 838. The molecule has 0 aromatic heterocycles. The molecule has 0 aliphatic carbocycles. The van der Waals surface area contributed by atoms with Crippen LogP contribution >= 0.6 is 23.2 Å². The molecule has 3 atom stereocenters. The maximum atomic E-state index is 12.8. The maximum absolute atomic E-state index is 12.8. The average Bonchev–Trinajstić information content (AvgIpc) is 2.67. The minimum atomic E-state index is -1.02. The van der Waals surface area contributed by atoms with Crippen molar-refractivity contribution in [3.8, 4) is 0 Å². The van der Waals surface area contributed by atoms with Crippen molar-refractivity contribution in [1.82, 2.24) is 4.90 Å². The number of nitrogens with zero attached hydrogens (tertiary/aromatic N) is 1. The van der Waals surface area contributed by atoms with Crippen LogP contribution in [0.15, 0.2) is 48.5 Å². The summed E-state index contributed by atoms with van der Waals surface area (Å²) in [6, 6.07) is 12.7. The average molecular weight is 422 g/mol. The number of carbonyl (C=O) groups is 2. The Morgan fingerprint density at radius 2 is 1.64 bits per heavy atom. The molecule has 1 aliphatic heterocycles. The van der Waals surface area contributed by atoms with Gasteiger partial charge in [0.25, 0.3) is 0 Å². The summed E-state index contributed by atoms with van der Waals surface area (Å²) in [6.45, 7) is 1.72. The fourth-order valence-corrected chi connectivity index (χ4v) is 3.83. The van der Waals surface area contributed by atoms with Crippen LogP contribution in [0.25, 0.3) is 0 Å². The molecule has 148 valence electrons. The molecule has 1 heterocycles. The molecular weight excluding hydrogens is 401 g/mol. The number of carbonyl (C=O) groups excluding carboxylic acids is 1. The van der Waals surface area contributed by atoms with Gasteiger partial charge in [0, 0.05) is 10.0 Å². The highest BCUT2D eigenvalue weighted by Crippen LogP contribution is 2.42. The van der Waals surface area contributed by atoms with Crippen molar-refractivity contribution in [3.05, 3.63) is 69.7 Å². The van der Waals surface area contributed by atoms with E-state index in [1.54, 1.807) is 36.4 Å². The number of rotatable bonds is 6. The maximum Gasteiger partial charge on any atom is 0.326 e. The fourth-order valence-electron chi connectivity index (χ4n) is 3.58. The summed E-state index contributed by atoms with van der Waals surface area (Å²) in [7, 11) is 0. The van der Waals surface area contributed by atoms with Gasteiger partial charge in [0.1, 0.15) is 18.8 Å². The first-order valence-electron chi connectivity index (χ1n) is 9.09. The topological polar surface area (TPSA) is 66.8 Å². The quantitative estimate of drug-likeness (QED) is 0.720. The first-order valence-corrected chi connectivity index (χ1v) is 9.84. The number of morpholine rings is 1. The van der Waals surface area contributed by atoms with Gasteiger partial charge in [-0.25, -0.2) is 4.79 Å². The Hall–Kier alpha value is -2.08. The van der Waals surface area contributed by atoms with Crippen molar-refractivity contribution in [1.29, 1.82) is 0 Å². The van der Waals surface area contributed by atoms with Crippen molar-refractivity contribution in [2.24, 2.45) is 0 Å². The van der Waals surface area contributed by atoms with Crippen molar-refractivity contribution >= 4 is 35.1 Å². The number of halogens is 2. The molecule has 2 aromatic carbocycles. The van der Waals surface area contributed by atoms with Crippen LogP contribution in [-0.4, -0.2) is 34.5 Å². The lowest BCUT2D eigenvalue weighted by molar-refractivity contribution is -0.171. The second-order valence-corrected chi connectivity index (χ2v) is 7.60. The molecule has 0 unspecified atom stereocenters. The van der Waals surface area contributed by atoms with Crippen LogP contribution in [0.1, 0.15) is 43.0 Å². The van der Waals surface area contributed by atoms with Gasteiger partial charge < -0.3 is 14.7 Å². The standard InChI is InChI=1S/C21H21Cl2NO4/c1-2-3-17(21(26)27)24-18(25)12-28-20(14-6-10-16(23)11-7-14)19(24)13-4-8-15(22)9-5-13/h4-11,17,19-20H,2-3,12H2,1H3,(H,26,27)/t17-,19-,20+/m0/s1. The summed E-state index contributed by atoms with van der Waals surface area (Å²) >= 11 is 12.0. The van der Waals surface area contributed by atoms with Crippen LogP contribution in [0.3, 0.4) is 0 Å². The van der Waals surface area contributed by atoms with Gasteiger partial charge >= 0.3 is 5.97 Å². The lowest BCUT2D eigenvalue weighted by atomic mass is 9.91. The number of amides is 1. The molecule has 0 bridgehead atoms. The van der Waals surface area contributed by atoms with Crippen LogP contribution < -0.4 is 0 Å². The van der Waals surface area contributed by atoms with Gasteiger partial charge in [0.2, 0.25) is 5.91 Å². The van der Waals surface area contributed by atoms with Gasteiger partial charge in [-0.2, -0.15) is 0 Å².